The lowest BCUT2D eigenvalue weighted by molar-refractivity contribution is -0.141. The van der Waals surface area contributed by atoms with Crippen LogP contribution in [0.1, 0.15) is 48.1 Å². The third kappa shape index (κ3) is 5.68. The van der Waals surface area contributed by atoms with E-state index < -0.39 is 11.9 Å². The van der Waals surface area contributed by atoms with Crippen LogP contribution in [0.25, 0.3) is 0 Å². The van der Waals surface area contributed by atoms with Crippen LogP contribution in [0.5, 0.6) is 5.75 Å². The van der Waals surface area contributed by atoms with Crippen molar-refractivity contribution in [3.05, 3.63) is 89.2 Å². The number of carbonyl (C=O) groups is 2. The van der Waals surface area contributed by atoms with Crippen LogP contribution >= 0.6 is 0 Å². The van der Waals surface area contributed by atoms with Crippen LogP contribution in [-0.4, -0.2) is 33.0 Å². The fourth-order valence-electron chi connectivity index (χ4n) is 4.49. The molecule has 2 aromatic carbocycles. The van der Waals surface area contributed by atoms with Gasteiger partial charge in [-0.05, 0) is 60.2 Å². The highest BCUT2D eigenvalue weighted by Gasteiger charge is 2.30. The molecule has 0 aliphatic carbocycles. The zero-order chi connectivity index (χ0) is 24.1. The Morgan fingerprint density at radius 3 is 2.62 bits per heavy atom. The largest absolute Gasteiger partial charge is 0.489 e. The molecule has 1 aliphatic heterocycles. The Morgan fingerprint density at radius 1 is 1.12 bits per heavy atom. The van der Waals surface area contributed by atoms with Crippen molar-refractivity contribution in [3.63, 3.8) is 0 Å². The minimum Gasteiger partial charge on any atom is -0.489 e. The second-order valence-corrected chi connectivity index (χ2v) is 9.16. The van der Waals surface area contributed by atoms with Gasteiger partial charge in [0.05, 0.1) is 18.4 Å². The minimum absolute atomic E-state index is 0.0469. The number of hydrogen-bond donors (Lipinski definition) is 1. The summed E-state index contributed by atoms with van der Waals surface area (Å²) in [5.41, 5.74) is 4.40. The first-order valence-electron chi connectivity index (χ1n) is 11.8. The molecule has 4 rings (SSSR count). The molecule has 3 aromatic rings. The zero-order valence-corrected chi connectivity index (χ0v) is 19.8. The Kier molecular flexibility index (Phi) is 7.36. The summed E-state index contributed by atoms with van der Waals surface area (Å²) in [6.07, 6.45) is 6.14. The number of aromatic nitrogens is 1. The Bertz CT molecular complexity index is 1140. The van der Waals surface area contributed by atoms with E-state index >= 15 is 0 Å². The van der Waals surface area contributed by atoms with Crippen molar-refractivity contribution in [1.82, 2.24) is 9.47 Å². The smallest absolute Gasteiger partial charge is 0.308 e. The van der Waals surface area contributed by atoms with Crippen LogP contribution < -0.4 is 4.74 Å². The normalized spacial score (nSPS) is 16.4. The van der Waals surface area contributed by atoms with Crippen LogP contribution in [0.2, 0.25) is 0 Å². The van der Waals surface area contributed by atoms with E-state index in [2.05, 4.69) is 19.1 Å². The number of amides is 1. The summed E-state index contributed by atoms with van der Waals surface area (Å²) in [5.74, 6) is -0.358. The molecule has 2 unspecified atom stereocenters. The highest BCUT2D eigenvalue weighted by atomic mass is 16.5. The molecule has 1 fully saturated rings. The first-order chi connectivity index (χ1) is 16.4. The monoisotopic (exact) mass is 460 g/mol. The van der Waals surface area contributed by atoms with E-state index in [4.69, 9.17) is 9.84 Å². The summed E-state index contributed by atoms with van der Waals surface area (Å²) < 4.78 is 7.83. The summed E-state index contributed by atoms with van der Waals surface area (Å²) in [5, 5.41) is 9.15. The lowest BCUT2D eigenvalue weighted by atomic mass is 10.1. The topological polar surface area (TPSA) is 71.8 Å². The van der Waals surface area contributed by atoms with Gasteiger partial charge in [-0.1, -0.05) is 43.3 Å². The first kappa shape index (κ1) is 23.6. The van der Waals surface area contributed by atoms with Gasteiger partial charge in [0.2, 0.25) is 5.91 Å². The molecular formula is C28H32N2O4. The quantitative estimate of drug-likeness (QED) is 0.488. The lowest BCUT2D eigenvalue weighted by Crippen LogP contribution is -2.31. The number of aryl methyl sites for hydroxylation is 1. The van der Waals surface area contributed by atoms with Gasteiger partial charge in [0, 0.05) is 25.5 Å². The maximum Gasteiger partial charge on any atom is 0.308 e. The van der Waals surface area contributed by atoms with Gasteiger partial charge in [-0.15, -0.1) is 0 Å². The van der Waals surface area contributed by atoms with Gasteiger partial charge in [-0.25, -0.2) is 0 Å². The van der Waals surface area contributed by atoms with E-state index in [0.717, 1.165) is 41.8 Å². The van der Waals surface area contributed by atoms with Crippen molar-refractivity contribution in [2.75, 3.05) is 6.54 Å². The number of benzene rings is 2. The number of hydrogen-bond acceptors (Lipinski definition) is 3. The molecule has 1 saturated heterocycles. The summed E-state index contributed by atoms with van der Waals surface area (Å²) in [6, 6.07) is 18.0. The molecular weight excluding hydrogens is 428 g/mol. The second kappa shape index (κ2) is 10.6. The first-order valence-corrected chi connectivity index (χ1v) is 11.8. The van der Waals surface area contributed by atoms with Crippen LogP contribution in [0, 0.1) is 12.8 Å². The van der Waals surface area contributed by atoms with E-state index in [1.54, 1.807) is 6.92 Å². The van der Waals surface area contributed by atoms with Gasteiger partial charge < -0.3 is 19.3 Å². The number of likely N-dealkylation sites (tertiary alicyclic amines) is 1. The molecule has 1 N–H and O–H groups in total. The maximum atomic E-state index is 13.1. The molecule has 178 valence electrons. The number of rotatable bonds is 9. The van der Waals surface area contributed by atoms with E-state index in [1.165, 1.54) is 5.56 Å². The number of carbonyl (C=O) groups excluding carboxylic acids is 1. The molecule has 0 bridgehead atoms. The third-order valence-electron chi connectivity index (χ3n) is 6.57. The van der Waals surface area contributed by atoms with Crippen molar-refractivity contribution >= 4 is 11.9 Å². The van der Waals surface area contributed by atoms with Crippen LogP contribution in [-0.2, 0) is 29.2 Å². The number of nitrogens with zero attached hydrogens (tertiary/aromatic N) is 2. The van der Waals surface area contributed by atoms with Crippen molar-refractivity contribution < 1.29 is 19.4 Å². The SMILES string of the molecule is Cc1ccccc1COc1ccc(CC(=O)N2CCCC2c2ccn(CC(C)C(=O)O)c2)cc1. The highest BCUT2D eigenvalue weighted by molar-refractivity contribution is 5.79. The molecule has 1 aromatic heterocycles. The average molecular weight is 461 g/mol. The predicted molar refractivity (Wildman–Crippen MR) is 131 cm³/mol. The molecule has 0 saturated carbocycles. The van der Waals surface area contributed by atoms with Gasteiger partial charge >= 0.3 is 5.97 Å². The fourth-order valence-corrected chi connectivity index (χ4v) is 4.49. The average Bonchev–Trinajstić information content (AvgIpc) is 3.49. The molecule has 34 heavy (non-hydrogen) atoms. The van der Waals surface area contributed by atoms with Crippen molar-refractivity contribution in [1.29, 1.82) is 0 Å². The number of carboxylic acids is 1. The van der Waals surface area contributed by atoms with Gasteiger partial charge in [-0.2, -0.15) is 0 Å². The van der Waals surface area contributed by atoms with Gasteiger partial charge in [0.25, 0.3) is 0 Å². The summed E-state index contributed by atoms with van der Waals surface area (Å²) in [7, 11) is 0. The summed E-state index contributed by atoms with van der Waals surface area (Å²) >= 11 is 0. The Balaban J connectivity index is 1.34. The van der Waals surface area contributed by atoms with Crippen molar-refractivity contribution in [2.24, 2.45) is 5.92 Å². The minimum atomic E-state index is -0.806. The molecule has 1 aliphatic rings. The highest BCUT2D eigenvalue weighted by Crippen LogP contribution is 2.33. The Morgan fingerprint density at radius 2 is 1.88 bits per heavy atom. The molecule has 6 nitrogen and oxygen atoms in total. The standard InChI is InChI=1S/C28H32N2O4/c1-20-6-3-4-7-24(20)19-34-25-11-9-22(10-12-25)16-27(31)30-14-5-8-26(30)23-13-15-29(18-23)17-21(2)28(32)33/h3-4,6-7,9-13,15,18,21,26H,5,8,14,16-17,19H2,1-2H3,(H,32,33). The van der Waals surface area contributed by atoms with Gasteiger partial charge in [0.15, 0.2) is 0 Å². The van der Waals surface area contributed by atoms with Gasteiger partial charge in [-0.3, -0.25) is 9.59 Å². The summed E-state index contributed by atoms with van der Waals surface area (Å²) in [6.45, 7) is 5.47. The number of carboxylic acid groups (broad SMARTS) is 1. The second-order valence-electron chi connectivity index (χ2n) is 9.16. The van der Waals surface area contributed by atoms with Crippen molar-refractivity contribution in [3.8, 4) is 5.75 Å². The molecule has 1 amide bonds. The molecule has 2 atom stereocenters. The zero-order valence-electron chi connectivity index (χ0n) is 19.8. The van der Waals surface area contributed by atoms with E-state index in [0.29, 0.717) is 19.6 Å². The Labute approximate surface area is 200 Å². The van der Waals surface area contributed by atoms with Crippen molar-refractivity contribution in [2.45, 2.75) is 52.3 Å². The van der Waals surface area contributed by atoms with E-state index in [1.807, 2.05) is 64.3 Å². The van der Waals surface area contributed by atoms with Gasteiger partial charge in [0.1, 0.15) is 12.4 Å². The molecule has 6 heteroatoms. The fraction of sp³-hybridized carbons (Fsp3) is 0.357. The van der Waals surface area contributed by atoms with E-state index in [9.17, 15) is 9.59 Å². The number of aliphatic carboxylic acids is 1. The lowest BCUT2D eigenvalue weighted by Gasteiger charge is -2.24. The number of ether oxygens (including phenoxy) is 1. The third-order valence-corrected chi connectivity index (χ3v) is 6.57. The Hall–Kier alpha value is -3.54. The summed E-state index contributed by atoms with van der Waals surface area (Å²) in [4.78, 5) is 26.2. The van der Waals surface area contributed by atoms with Crippen LogP contribution in [0.3, 0.4) is 0 Å². The van der Waals surface area contributed by atoms with Crippen LogP contribution in [0.15, 0.2) is 67.0 Å². The van der Waals surface area contributed by atoms with E-state index in [-0.39, 0.29) is 11.9 Å². The molecule has 0 spiro atoms. The predicted octanol–water partition coefficient (Wildman–Crippen LogP) is 5.00. The molecule has 0 radical (unpaired) electrons. The maximum absolute atomic E-state index is 13.1. The van der Waals surface area contributed by atoms with Crippen LogP contribution in [0.4, 0.5) is 0 Å². The molecule has 2 heterocycles.